The van der Waals surface area contributed by atoms with E-state index in [4.69, 9.17) is 23.2 Å². The van der Waals surface area contributed by atoms with E-state index in [9.17, 15) is 0 Å². The topological polar surface area (TPSA) is 29.0 Å². The predicted molar refractivity (Wildman–Crippen MR) is 76.2 cm³/mol. The van der Waals surface area contributed by atoms with E-state index in [1.807, 2.05) is 17.3 Å². The summed E-state index contributed by atoms with van der Waals surface area (Å²) in [6, 6.07) is 2.07. The molecule has 0 saturated carbocycles. The summed E-state index contributed by atoms with van der Waals surface area (Å²) < 4.78 is 1.08. The zero-order chi connectivity index (χ0) is 12.4. The molecule has 0 unspecified atom stereocenters. The zero-order valence-electron chi connectivity index (χ0n) is 8.82. The highest BCUT2D eigenvalue weighted by Crippen LogP contribution is 2.26. The summed E-state index contributed by atoms with van der Waals surface area (Å²) in [5, 5.41) is 2.73. The van der Waals surface area contributed by atoms with Crippen molar-refractivity contribution >= 4 is 56.3 Å². The molecule has 0 atom stereocenters. The van der Waals surface area contributed by atoms with Crippen molar-refractivity contribution in [2.24, 2.45) is 0 Å². The average Bonchev–Trinajstić information content (AvgIpc) is 2.67. The normalized spacial score (nSPS) is 10.6. The summed E-state index contributed by atoms with van der Waals surface area (Å²) in [5.74, 6) is 0.635. The summed E-state index contributed by atoms with van der Waals surface area (Å²) in [6.07, 6.45) is 1.51. The first-order valence-corrected chi connectivity index (χ1v) is 7.11. The summed E-state index contributed by atoms with van der Waals surface area (Å²) >= 11 is 16.9. The number of halogens is 3. The molecule has 90 valence electrons. The van der Waals surface area contributed by atoms with Gasteiger partial charge in [0.15, 0.2) is 5.82 Å². The monoisotopic (exact) mass is 351 g/mol. The van der Waals surface area contributed by atoms with Gasteiger partial charge in [-0.1, -0.05) is 11.6 Å². The molecule has 0 radical (unpaired) electrons. The summed E-state index contributed by atoms with van der Waals surface area (Å²) in [6.45, 7) is 0.726. The van der Waals surface area contributed by atoms with E-state index in [2.05, 4.69) is 32.0 Å². The molecule has 2 rings (SSSR count). The van der Waals surface area contributed by atoms with Crippen LogP contribution in [0.5, 0.6) is 0 Å². The molecule has 0 amide bonds. The van der Waals surface area contributed by atoms with Crippen LogP contribution in [0.2, 0.25) is 10.3 Å². The minimum atomic E-state index is 0.198. The maximum Gasteiger partial charge on any atom is 0.224 e. The molecule has 17 heavy (non-hydrogen) atoms. The Morgan fingerprint density at radius 1 is 1.47 bits per heavy atom. The minimum Gasteiger partial charge on any atom is -0.353 e. The third-order valence-electron chi connectivity index (χ3n) is 2.07. The molecule has 0 fully saturated rings. The highest BCUT2D eigenvalue weighted by Gasteiger charge is 2.11. The Labute approximate surface area is 122 Å². The van der Waals surface area contributed by atoms with Crippen molar-refractivity contribution in [1.82, 2.24) is 9.97 Å². The number of anilines is 1. The first-order chi connectivity index (χ1) is 8.06. The standard InChI is InChI=1S/C10H8BrCl2N3S/c1-16(4-7-2-6(11)5-17-7)9-8(12)3-14-10(13)15-9/h2-3,5H,4H2,1H3. The largest absolute Gasteiger partial charge is 0.353 e. The van der Waals surface area contributed by atoms with Gasteiger partial charge in [0.25, 0.3) is 0 Å². The van der Waals surface area contributed by atoms with Gasteiger partial charge in [0.05, 0.1) is 12.7 Å². The molecular formula is C10H8BrCl2N3S. The fourth-order valence-corrected chi connectivity index (χ4v) is 3.22. The second-order valence-electron chi connectivity index (χ2n) is 3.40. The van der Waals surface area contributed by atoms with Crippen LogP contribution in [0.4, 0.5) is 5.82 Å². The van der Waals surface area contributed by atoms with E-state index < -0.39 is 0 Å². The molecule has 0 aliphatic carbocycles. The molecule has 0 bridgehead atoms. The number of thiophene rings is 1. The molecule has 3 nitrogen and oxygen atoms in total. The lowest BCUT2D eigenvalue weighted by molar-refractivity contribution is 0.904. The Bertz CT molecular complexity index is 532. The van der Waals surface area contributed by atoms with Crippen LogP contribution in [0.15, 0.2) is 22.1 Å². The number of aromatic nitrogens is 2. The second-order valence-corrected chi connectivity index (χ2v) is 6.05. The SMILES string of the molecule is CN(Cc1cc(Br)cs1)c1nc(Cl)ncc1Cl. The lowest BCUT2D eigenvalue weighted by atomic mass is 10.4. The summed E-state index contributed by atoms with van der Waals surface area (Å²) in [4.78, 5) is 11.1. The Morgan fingerprint density at radius 3 is 2.88 bits per heavy atom. The van der Waals surface area contributed by atoms with Gasteiger partial charge in [0.1, 0.15) is 5.02 Å². The van der Waals surface area contributed by atoms with Crippen molar-refractivity contribution in [1.29, 1.82) is 0 Å². The quantitative estimate of drug-likeness (QED) is 0.773. The van der Waals surface area contributed by atoms with Crippen LogP contribution >= 0.6 is 50.5 Å². The number of hydrogen-bond donors (Lipinski definition) is 0. The van der Waals surface area contributed by atoms with E-state index in [1.54, 1.807) is 11.3 Å². The number of nitrogens with zero attached hydrogens (tertiary/aromatic N) is 3. The molecule has 7 heteroatoms. The van der Waals surface area contributed by atoms with Crippen molar-refractivity contribution in [2.75, 3.05) is 11.9 Å². The molecular weight excluding hydrogens is 345 g/mol. The van der Waals surface area contributed by atoms with Crippen LogP contribution in [-0.4, -0.2) is 17.0 Å². The van der Waals surface area contributed by atoms with Gasteiger partial charge in [0, 0.05) is 21.8 Å². The van der Waals surface area contributed by atoms with Gasteiger partial charge >= 0.3 is 0 Å². The summed E-state index contributed by atoms with van der Waals surface area (Å²) in [5.41, 5.74) is 0. The molecule has 0 N–H and O–H groups in total. The van der Waals surface area contributed by atoms with Gasteiger partial charge in [0.2, 0.25) is 5.28 Å². The van der Waals surface area contributed by atoms with E-state index in [0.29, 0.717) is 10.8 Å². The Morgan fingerprint density at radius 2 is 2.24 bits per heavy atom. The van der Waals surface area contributed by atoms with E-state index in [-0.39, 0.29) is 5.28 Å². The molecule has 0 aliphatic rings. The van der Waals surface area contributed by atoms with Gasteiger partial charge in [-0.15, -0.1) is 11.3 Å². The Kier molecular flexibility index (Phi) is 4.25. The minimum absolute atomic E-state index is 0.198. The number of hydrogen-bond acceptors (Lipinski definition) is 4. The van der Waals surface area contributed by atoms with Crippen molar-refractivity contribution in [2.45, 2.75) is 6.54 Å². The average molecular weight is 353 g/mol. The third kappa shape index (κ3) is 3.31. The Hall–Kier alpha value is -0.360. The molecule has 2 heterocycles. The van der Waals surface area contributed by atoms with E-state index in [0.717, 1.165) is 11.0 Å². The maximum atomic E-state index is 6.03. The van der Waals surface area contributed by atoms with Crippen molar-refractivity contribution in [3.63, 3.8) is 0 Å². The molecule has 0 spiro atoms. The first-order valence-electron chi connectivity index (χ1n) is 4.68. The lowest BCUT2D eigenvalue weighted by Gasteiger charge is -2.18. The molecule has 0 aromatic carbocycles. The predicted octanol–water partition coefficient (Wildman–Crippen LogP) is 4.24. The smallest absolute Gasteiger partial charge is 0.224 e. The first kappa shape index (κ1) is 13.1. The number of rotatable bonds is 3. The van der Waals surface area contributed by atoms with Crippen molar-refractivity contribution in [3.8, 4) is 0 Å². The van der Waals surface area contributed by atoms with Gasteiger partial charge in [-0.25, -0.2) is 4.98 Å². The molecule has 0 saturated heterocycles. The van der Waals surface area contributed by atoms with Crippen LogP contribution in [0.3, 0.4) is 0 Å². The van der Waals surface area contributed by atoms with Crippen LogP contribution in [0.25, 0.3) is 0 Å². The van der Waals surface area contributed by atoms with Crippen LogP contribution < -0.4 is 4.90 Å². The van der Waals surface area contributed by atoms with E-state index in [1.165, 1.54) is 11.1 Å². The maximum absolute atomic E-state index is 6.03. The highest BCUT2D eigenvalue weighted by molar-refractivity contribution is 9.10. The highest BCUT2D eigenvalue weighted by atomic mass is 79.9. The molecule has 2 aromatic rings. The fourth-order valence-electron chi connectivity index (χ4n) is 1.35. The van der Waals surface area contributed by atoms with Crippen LogP contribution in [0.1, 0.15) is 4.88 Å². The Balaban J connectivity index is 2.19. The van der Waals surface area contributed by atoms with Crippen molar-refractivity contribution in [3.05, 3.63) is 37.3 Å². The van der Waals surface area contributed by atoms with Gasteiger partial charge < -0.3 is 4.90 Å². The third-order valence-corrected chi connectivity index (χ3v) is 4.20. The van der Waals surface area contributed by atoms with Gasteiger partial charge in [-0.2, -0.15) is 4.98 Å². The van der Waals surface area contributed by atoms with Crippen molar-refractivity contribution < 1.29 is 0 Å². The van der Waals surface area contributed by atoms with Crippen LogP contribution in [0, 0.1) is 0 Å². The summed E-state index contributed by atoms with van der Waals surface area (Å²) in [7, 11) is 1.91. The van der Waals surface area contributed by atoms with Crippen LogP contribution in [-0.2, 0) is 6.54 Å². The second kappa shape index (κ2) is 5.52. The molecule has 0 aliphatic heterocycles. The molecule has 2 aromatic heterocycles. The van der Waals surface area contributed by atoms with Gasteiger partial charge in [-0.3, -0.25) is 0 Å². The van der Waals surface area contributed by atoms with Gasteiger partial charge in [-0.05, 0) is 33.6 Å². The lowest BCUT2D eigenvalue weighted by Crippen LogP contribution is -2.17. The zero-order valence-corrected chi connectivity index (χ0v) is 12.7. The fraction of sp³-hybridized carbons (Fsp3) is 0.200. The van der Waals surface area contributed by atoms with E-state index >= 15 is 0 Å².